The van der Waals surface area contributed by atoms with Crippen LogP contribution in [0.25, 0.3) is 11.3 Å². The van der Waals surface area contributed by atoms with Crippen LogP contribution in [0.2, 0.25) is 19.6 Å². The molecule has 0 saturated heterocycles. The molecule has 3 rings (SSSR count). The molecule has 0 unspecified atom stereocenters. The average Bonchev–Trinajstić information content (AvgIpc) is 3.43. The summed E-state index contributed by atoms with van der Waals surface area (Å²) in [6, 6.07) is 12.2. The SMILES string of the molecule is CCn1nc(C)cc1/C(OC(=O)C1CC1)=C(\C#N)c1ccc([Si](C)(C)C)cc1. The van der Waals surface area contributed by atoms with Crippen LogP contribution >= 0.6 is 0 Å². The second kappa shape index (κ2) is 7.76. The van der Waals surface area contributed by atoms with E-state index in [1.165, 1.54) is 5.19 Å². The lowest BCUT2D eigenvalue weighted by Gasteiger charge is -2.17. The van der Waals surface area contributed by atoms with Crippen molar-refractivity contribution in [2.75, 3.05) is 0 Å². The fourth-order valence-corrected chi connectivity index (χ4v) is 4.25. The highest BCUT2D eigenvalue weighted by molar-refractivity contribution is 6.88. The summed E-state index contributed by atoms with van der Waals surface area (Å²) in [6.45, 7) is 11.4. The molecule has 1 saturated carbocycles. The maximum atomic E-state index is 12.4. The van der Waals surface area contributed by atoms with Gasteiger partial charge in [-0.1, -0.05) is 49.1 Å². The summed E-state index contributed by atoms with van der Waals surface area (Å²) in [5.74, 6) is -0.00566. The van der Waals surface area contributed by atoms with Gasteiger partial charge >= 0.3 is 5.97 Å². The zero-order chi connectivity index (χ0) is 20.5. The molecular weight excluding hydrogens is 366 g/mol. The van der Waals surface area contributed by atoms with Gasteiger partial charge in [-0.15, -0.1) is 0 Å². The minimum atomic E-state index is -1.44. The van der Waals surface area contributed by atoms with Crippen molar-refractivity contribution >= 4 is 30.6 Å². The van der Waals surface area contributed by atoms with Gasteiger partial charge < -0.3 is 4.74 Å². The molecule has 1 aromatic carbocycles. The number of hydrogen-bond acceptors (Lipinski definition) is 4. The zero-order valence-electron chi connectivity index (χ0n) is 17.2. The van der Waals surface area contributed by atoms with Gasteiger partial charge in [0, 0.05) is 6.54 Å². The van der Waals surface area contributed by atoms with Crippen LogP contribution in [0.4, 0.5) is 0 Å². The molecule has 1 aromatic heterocycles. The molecule has 1 aliphatic carbocycles. The van der Waals surface area contributed by atoms with E-state index in [9.17, 15) is 10.1 Å². The van der Waals surface area contributed by atoms with E-state index >= 15 is 0 Å². The highest BCUT2D eigenvalue weighted by Crippen LogP contribution is 2.34. The first-order valence-electron chi connectivity index (χ1n) is 9.76. The third-order valence-electron chi connectivity index (χ3n) is 4.93. The highest BCUT2D eigenvalue weighted by atomic mass is 28.3. The van der Waals surface area contributed by atoms with Gasteiger partial charge in [-0.05, 0) is 38.3 Å². The molecule has 0 amide bonds. The number of aromatic nitrogens is 2. The number of carbonyl (C=O) groups excluding carboxylic acids is 1. The lowest BCUT2D eigenvalue weighted by atomic mass is 10.0. The fourth-order valence-electron chi connectivity index (χ4n) is 3.09. The molecule has 1 aliphatic rings. The number of nitriles is 1. The third kappa shape index (κ3) is 4.25. The van der Waals surface area contributed by atoms with Crippen LogP contribution in [0.15, 0.2) is 30.3 Å². The van der Waals surface area contributed by atoms with Crippen molar-refractivity contribution < 1.29 is 9.53 Å². The van der Waals surface area contributed by atoms with Crippen molar-refractivity contribution in [3.63, 3.8) is 0 Å². The average molecular weight is 394 g/mol. The first kappa shape index (κ1) is 20.1. The van der Waals surface area contributed by atoms with E-state index in [0.29, 0.717) is 23.6 Å². The Labute approximate surface area is 167 Å². The second-order valence-electron chi connectivity index (χ2n) is 8.33. The molecule has 0 N–H and O–H groups in total. The first-order valence-corrected chi connectivity index (χ1v) is 13.3. The van der Waals surface area contributed by atoms with Crippen LogP contribution in [0.3, 0.4) is 0 Å². The minimum Gasteiger partial charge on any atom is -0.423 e. The van der Waals surface area contributed by atoms with E-state index in [4.69, 9.17) is 4.74 Å². The number of aryl methyl sites for hydroxylation is 2. The predicted octanol–water partition coefficient (Wildman–Crippen LogP) is 4.10. The Bertz CT molecular complexity index is 955. The van der Waals surface area contributed by atoms with Crippen LogP contribution < -0.4 is 5.19 Å². The topological polar surface area (TPSA) is 67.9 Å². The summed E-state index contributed by atoms with van der Waals surface area (Å²) in [6.07, 6.45) is 1.70. The van der Waals surface area contributed by atoms with E-state index in [1.54, 1.807) is 4.68 Å². The van der Waals surface area contributed by atoms with Crippen molar-refractivity contribution in [1.82, 2.24) is 9.78 Å². The summed E-state index contributed by atoms with van der Waals surface area (Å²) in [5.41, 5.74) is 2.61. The quantitative estimate of drug-likeness (QED) is 0.321. The summed E-state index contributed by atoms with van der Waals surface area (Å²) < 4.78 is 7.56. The van der Waals surface area contributed by atoms with Crippen molar-refractivity contribution in [3.05, 3.63) is 47.3 Å². The number of ether oxygens (including phenoxy) is 1. The third-order valence-corrected chi connectivity index (χ3v) is 6.99. The Hall–Kier alpha value is -2.65. The van der Waals surface area contributed by atoms with Gasteiger partial charge in [0.2, 0.25) is 0 Å². The maximum absolute atomic E-state index is 12.4. The van der Waals surface area contributed by atoms with Crippen LogP contribution in [-0.2, 0) is 16.1 Å². The number of benzene rings is 1. The van der Waals surface area contributed by atoms with Crippen LogP contribution in [0.5, 0.6) is 0 Å². The number of hydrogen-bond donors (Lipinski definition) is 0. The Morgan fingerprint density at radius 2 is 1.93 bits per heavy atom. The van der Waals surface area contributed by atoms with Crippen molar-refractivity contribution in [3.8, 4) is 6.07 Å². The first-order chi connectivity index (χ1) is 13.2. The lowest BCUT2D eigenvalue weighted by Crippen LogP contribution is -2.37. The number of allylic oxidation sites excluding steroid dienone is 1. The van der Waals surface area contributed by atoms with Gasteiger partial charge in [0.25, 0.3) is 0 Å². The molecule has 1 heterocycles. The van der Waals surface area contributed by atoms with Crippen LogP contribution in [0.1, 0.15) is 36.7 Å². The van der Waals surface area contributed by atoms with Gasteiger partial charge in [0.15, 0.2) is 5.76 Å². The molecule has 2 aromatic rings. The number of carbonyl (C=O) groups is 1. The van der Waals surface area contributed by atoms with Crippen LogP contribution in [-0.4, -0.2) is 23.8 Å². The normalized spacial score (nSPS) is 15.0. The molecule has 0 atom stereocenters. The van der Waals surface area contributed by atoms with Crippen molar-refractivity contribution in [2.45, 2.75) is 52.9 Å². The van der Waals surface area contributed by atoms with E-state index in [2.05, 4.69) is 42.9 Å². The van der Waals surface area contributed by atoms with Gasteiger partial charge in [-0.25, -0.2) is 0 Å². The molecule has 0 radical (unpaired) electrons. The summed E-state index contributed by atoms with van der Waals surface area (Å²) in [7, 11) is -1.44. The number of esters is 1. The molecule has 1 fully saturated rings. The molecule has 146 valence electrons. The number of rotatable bonds is 6. The van der Waals surface area contributed by atoms with Crippen molar-refractivity contribution in [2.24, 2.45) is 5.92 Å². The van der Waals surface area contributed by atoms with E-state index in [0.717, 1.165) is 24.1 Å². The van der Waals surface area contributed by atoms with Crippen molar-refractivity contribution in [1.29, 1.82) is 5.26 Å². The van der Waals surface area contributed by atoms with Gasteiger partial charge in [-0.2, -0.15) is 10.4 Å². The minimum absolute atomic E-state index is 0.0525. The summed E-state index contributed by atoms with van der Waals surface area (Å²) in [5, 5.41) is 15.7. The Morgan fingerprint density at radius 3 is 2.43 bits per heavy atom. The second-order valence-corrected chi connectivity index (χ2v) is 13.4. The summed E-state index contributed by atoms with van der Waals surface area (Å²) >= 11 is 0. The summed E-state index contributed by atoms with van der Waals surface area (Å²) in [4.78, 5) is 12.4. The Morgan fingerprint density at radius 1 is 1.29 bits per heavy atom. The maximum Gasteiger partial charge on any atom is 0.314 e. The lowest BCUT2D eigenvalue weighted by molar-refractivity contribution is -0.138. The standard InChI is InChI=1S/C22H27N3O2Si/c1-6-25-20(13-15(2)24-25)21(27-22(26)17-7-8-17)19(14-23)16-9-11-18(12-10-16)28(3,4)5/h9-13,17H,6-8H2,1-5H3/b21-19-. The zero-order valence-corrected chi connectivity index (χ0v) is 18.2. The number of nitrogens with zero attached hydrogens (tertiary/aromatic N) is 3. The largest absolute Gasteiger partial charge is 0.423 e. The molecule has 0 spiro atoms. The monoisotopic (exact) mass is 393 g/mol. The smallest absolute Gasteiger partial charge is 0.314 e. The fraction of sp³-hybridized carbons (Fsp3) is 0.409. The Balaban J connectivity index is 2.12. The molecule has 28 heavy (non-hydrogen) atoms. The predicted molar refractivity (Wildman–Crippen MR) is 113 cm³/mol. The highest BCUT2D eigenvalue weighted by Gasteiger charge is 2.33. The molecule has 0 bridgehead atoms. The van der Waals surface area contributed by atoms with E-state index in [1.807, 2.05) is 32.0 Å². The van der Waals surface area contributed by atoms with Crippen LogP contribution in [0, 0.1) is 24.2 Å². The van der Waals surface area contributed by atoms with Gasteiger partial charge in [0.1, 0.15) is 17.3 Å². The van der Waals surface area contributed by atoms with E-state index < -0.39 is 8.07 Å². The molecule has 5 nitrogen and oxygen atoms in total. The van der Waals surface area contributed by atoms with E-state index in [-0.39, 0.29) is 11.9 Å². The molecule has 0 aliphatic heterocycles. The molecule has 6 heteroatoms. The van der Waals surface area contributed by atoms with Gasteiger partial charge in [-0.3, -0.25) is 9.48 Å². The van der Waals surface area contributed by atoms with Gasteiger partial charge in [0.05, 0.1) is 19.7 Å². The Kier molecular flexibility index (Phi) is 5.57. The molecular formula is C22H27N3O2Si.